The van der Waals surface area contributed by atoms with Crippen LogP contribution in [0.4, 0.5) is 23.0 Å². The third-order valence-corrected chi connectivity index (χ3v) is 4.11. The first-order valence-electron chi connectivity index (χ1n) is 8.35. The van der Waals surface area contributed by atoms with Gasteiger partial charge in [-0.15, -0.1) is 0 Å². The molecule has 3 aromatic carbocycles. The van der Waals surface area contributed by atoms with Crippen molar-refractivity contribution in [1.82, 2.24) is 9.97 Å². The third-order valence-electron chi connectivity index (χ3n) is 4.11. The molecule has 0 radical (unpaired) electrons. The Morgan fingerprint density at radius 1 is 0.536 bits per heavy atom. The van der Waals surface area contributed by atoms with Crippen LogP contribution in [0.3, 0.4) is 0 Å². The molecule has 0 spiro atoms. The number of anilines is 4. The van der Waals surface area contributed by atoms with Gasteiger partial charge >= 0.3 is 0 Å². The van der Waals surface area contributed by atoms with Gasteiger partial charge < -0.3 is 31.1 Å². The van der Waals surface area contributed by atoms with E-state index in [0.29, 0.717) is 11.0 Å². The molecule has 8 nitrogen and oxygen atoms in total. The summed E-state index contributed by atoms with van der Waals surface area (Å²) in [6.07, 6.45) is 0. The van der Waals surface area contributed by atoms with Gasteiger partial charge in [-0.05, 0) is 36.4 Å². The van der Waals surface area contributed by atoms with E-state index in [4.69, 9.17) is 0 Å². The number of fused-ring (bicyclic) bond motifs is 1. The molecule has 0 aliphatic rings. The fraction of sp³-hybridized carbons (Fsp3) is 0. The molecule has 0 aliphatic heterocycles. The molecule has 6 N–H and O–H groups in total. The largest absolute Gasteiger partial charge is 0.504 e. The summed E-state index contributed by atoms with van der Waals surface area (Å²) >= 11 is 0. The van der Waals surface area contributed by atoms with E-state index < -0.39 is 0 Å². The van der Waals surface area contributed by atoms with Crippen LogP contribution >= 0.6 is 0 Å². The highest BCUT2D eigenvalue weighted by molar-refractivity contribution is 5.85. The van der Waals surface area contributed by atoms with Gasteiger partial charge in [0.25, 0.3) is 0 Å². The average Bonchev–Trinajstić information content (AvgIpc) is 2.69. The lowest BCUT2D eigenvalue weighted by atomic mass is 10.2. The normalized spacial score (nSPS) is 10.7. The van der Waals surface area contributed by atoms with Crippen LogP contribution < -0.4 is 10.6 Å². The maximum Gasteiger partial charge on any atom is 0.181 e. The van der Waals surface area contributed by atoms with Crippen LogP contribution in [0, 0.1) is 0 Å². The summed E-state index contributed by atoms with van der Waals surface area (Å²) in [5, 5.41) is 45.5. The van der Waals surface area contributed by atoms with Crippen molar-refractivity contribution in [3.63, 3.8) is 0 Å². The molecular weight excluding hydrogens is 360 g/mol. The van der Waals surface area contributed by atoms with Gasteiger partial charge in [-0.1, -0.05) is 24.3 Å². The van der Waals surface area contributed by atoms with Crippen LogP contribution in [0.5, 0.6) is 23.0 Å². The zero-order valence-corrected chi connectivity index (χ0v) is 14.5. The Bertz CT molecular complexity index is 1090. The summed E-state index contributed by atoms with van der Waals surface area (Å²) in [7, 11) is 0. The molecule has 1 heterocycles. The van der Waals surface area contributed by atoms with E-state index >= 15 is 0 Å². The molecule has 4 rings (SSSR count). The number of nitrogens with one attached hydrogen (secondary N) is 2. The Balaban J connectivity index is 1.82. The second-order valence-corrected chi connectivity index (χ2v) is 6.01. The van der Waals surface area contributed by atoms with Crippen LogP contribution in [0.2, 0.25) is 0 Å². The van der Waals surface area contributed by atoms with Crippen LogP contribution in [-0.4, -0.2) is 30.4 Å². The third kappa shape index (κ3) is 3.14. The van der Waals surface area contributed by atoms with E-state index in [0.717, 1.165) is 0 Å². The Labute approximate surface area is 159 Å². The topological polar surface area (TPSA) is 131 Å². The lowest BCUT2D eigenvalue weighted by Gasteiger charge is -2.15. The SMILES string of the molecule is Oc1cccc(Nc2nc3ccccc3nc2Nc2cccc(O)c2O)c1O. The Morgan fingerprint density at radius 3 is 1.39 bits per heavy atom. The lowest BCUT2D eigenvalue weighted by Crippen LogP contribution is -2.03. The average molecular weight is 376 g/mol. The Morgan fingerprint density at radius 2 is 0.964 bits per heavy atom. The minimum Gasteiger partial charge on any atom is -0.504 e. The molecule has 0 atom stereocenters. The number of phenols is 4. The number of nitrogens with zero attached hydrogens (tertiary/aromatic N) is 2. The number of hydrogen-bond acceptors (Lipinski definition) is 8. The van der Waals surface area contributed by atoms with Gasteiger partial charge in [0.05, 0.1) is 22.4 Å². The van der Waals surface area contributed by atoms with Crippen molar-refractivity contribution in [3.8, 4) is 23.0 Å². The van der Waals surface area contributed by atoms with E-state index in [1.54, 1.807) is 36.4 Å². The monoisotopic (exact) mass is 376 g/mol. The molecule has 8 heteroatoms. The van der Waals surface area contributed by atoms with Crippen molar-refractivity contribution < 1.29 is 20.4 Å². The van der Waals surface area contributed by atoms with Crippen LogP contribution in [0.1, 0.15) is 0 Å². The Kier molecular flexibility index (Phi) is 4.21. The van der Waals surface area contributed by atoms with Crippen molar-refractivity contribution in [2.75, 3.05) is 10.6 Å². The number of para-hydroxylation sites is 4. The second kappa shape index (κ2) is 6.84. The molecular formula is C20H16N4O4. The van der Waals surface area contributed by atoms with E-state index in [9.17, 15) is 20.4 Å². The summed E-state index contributed by atoms with van der Waals surface area (Å²) in [5.41, 5.74) is 1.67. The molecule has 0 aliphatic carbocycles. The highest BCUT2D eigenvalue weighted by Gasteiger charge is 2.15. The molecule has 0 saturated carbocycles. The quantitative estimate of drug-likeness (QED) is 0.295. The number of benzene rings is 3. The fourth-order valence-electron chi connectivity index (χ4n) is 2.69. The van der Waals surface area contributed by atoms with Crippen molar-refractivity contribution in [3.05, 3.63) is 60.7 Å². The summed E-state index contributed by atoms with van der Waals surface area (Å²) in [5.74, 6) is -0.713. The van der Waals surface area contributed by atoms with E-state index in [1.807, 2.05) is 12.1 Å². The number of phenolic OH excluding ortho intramolecular Hbond substituents is 4. The summed E-state index contributed by atoms with van der Waals surface area (Å²) in [6.45, 7) is 0. The van der Waals surface area contributed by atoms with Crippen molar-refractivity contribution in [2.24, 2.45) is 0 Å². The molecule has 0 saturated heterocycles. The lowest BCUT2D eigenvalue weighted by molar-refractivity contribution is 0.405. The first-order valence-corrected chi connectivity index (χ1v) is 8.35. The molecule has 0 unspecified atom stereocenters. The molecule has 0 amide bonds. The summed E-state index contributed by atoms with van der Waals surface area (Å²) < 4.78 is 0. The number of aromatic nitrogens is 2. The van der Waals surface area contributed by atoms with Gasteiger partial charge in [0.15, 0.2) is 34.6 Å². The van der Waals surface area contributed by atoms with Gasteiger partial charge in [0.2, 0.25) is 0 Å². The zero-order chi connectivity index (χ0) is 19.7. The van der Waals surface area contributed by atoms with Crippen LogP contribution in [-0.2, 0) is 0 Å². The smallest absolute Gasteiger partial charge is 0.181 e. The van der Waals surface area contributed by atoms with E-state index in [-0.39, 0.29) is 46.0 Å². The van der Waals surface area contributed by atoms with Crippen LogP contribution in [0.15, 0.2) is 60.7 Å². The van der Waals surface area contributed by atoms with Crippen LogP contribution in [0.25, 0.3) is 11.0 Å². The maximum atomic E-state index is 10.1. The van der Waals surface area contributed by atoms with Gasteiger partial charge in [0.1, 0.15) is 0 Å². The van der Waals surface area contributed by atoms with Crippen molar-refractivity contribution in [2.45, 2.75) is 0 Å². The molecule has 140 valence electrons. The van der Waals surface area contributed by atoms with Gasteiger partial charge in [0, 0.05) is 0 Å². The number of hydrogen-bond donors (Lipinski definition) is 6. The van der Waals surface area contributed by atoms with E-state index in [1.165, 1.54) is 12.1 Å². The zero-order valence-electron chi connectivity index (χ0n) is 14.5. The first-order chi connectivity index (χ1) is 13.5. The molecule has 0 bridgehead atoms. The second-order valence-electron chi connectivity index (χ2n) is 6.01. The number of rotatable bonds is 4. The summed E-state index contributed by atoms with van der Waals surface area (Å²) in [4.78, 5) is 9.03. The molecule has 0 fully saturated rings. The van der Waals surface area contributed by atoms with E-state index in [2.05, 4.69) is 20.6 Å². The van der Waals surface area contributed by atoms with Gasteiger partial charge in [-0.2, -0.15) is 0 Å². The van der Waals surface area contributed by atoms with Gasteiger partial charge in [-0.3, -0.25) is 0 Å². The minimum absolute atomic E-state index is 0.229. The van der Waals surface area contributed by atoms with Crippen molar-refractivity contribution in [1.29, 1.82) is 0 Å². The predicted molar refractivity (Wildman–Crippen MR) is 106 cm³/mol. The highest BCUT2D eigenvalue weighted by Crippen LogP contribution is 2.38. The first kappa shape index (κ1) is 17.2. The molecule has 1 aromatic heterocycles. The van der Waals surface area contributed by atoms with Crippen molar-refractivity contribution >= 4 is 34.0 Å². The maximum absolute atomic E-state index is 10.1. The fourth-order valence-corrected chi connectivity index (χ4v) is 2.69. The molecule has 28 heavy (non-hydrogen) atoms. The number of aromatic hydroxyl groups is 4. The minimum atomic E-state index is -0.330. The standard InChI is InChI=1S/C20H16N4O4/c25-15-9-3-7-13(17(15)27)23-19-20(22-12-6-2-1-5-11(12)21-19)24-14-8-4-10-16(26)18(14)28/h1-10,25-28H,(H,21,23)(H,22,24). The van der Waals surface area contributed by atoms with Gasteiger partial charge in [-0.25, -0.2) is 9.97 Å². The highest BCUT2D eigenvalue weighted by atomic mass is 16.3. The summed E-state index contributed by atoms with van der Waals surface area (Å²) in [6, 6.07) is 16.2. The molecule has 4 aromatic rings. The predicted octanol–water partition coefficient (Wildman–Crippen LogP) is 3.94. The Hall–Kier alpha value is -4.20.